The quantitative estimate of drug-likeness (QED) is 0.606. The summed E-state index contributed by atoms with van der Waals surface area (Å²) >= 11 is 0. The largest absolute Gasteiger partial charge is 0.468 e. The van der Waals surface area contributed by atoms with Crippen LogP contribution in [0.5, 0.6) is 0 Å². The Morgan fingerprint density at radius 3 is 2.26 bits per heavy atom. The summed E-state index contributed by atoms with van der Waals surface area (Å²) < 4.78 is 10.1. The van der Waals surface area contributed by atoms with Crippen LogP contribution in [0.3, 0.4) is 0 Å². The van der Waals surface area contributed by atoms with Crippen LogP contribution >= 0.6 is 0 Å². The zero-order valence-electron chi connectivity index (χ0n) is 11.8. The minimum atomic E-state index is -1.25. The van der Waals surface area contributed by atoms with E-state index in [1.807, 2.05) is 30.3 Å². The maximum absolute atomic E-state index is 12.2. The van der Waals surface area contributed by atoms with Gasteiger partial charge in [0, 0.05) is 0 Å². The number of benzene rings is 1. The summed E-state index contributed by atoms with van der Waals surface area (Å²) in [4.78, 5) is 23.9. The molecular formula is C15H20O4. The summed E-state index contributed by atoms with van der Waals surface area (Å²) in [6.07, 6.45) is -0.0655. The Labute approximate surface area is 113 Å². The van der Waals surface area contributed by atoms with Gasteiger partial charge in [0.15, 0.2) is 5.41 Å². The van der Waals surface area contributed by atoms with E-state index >= 15 is 0 Å². The molecule has 0 fully saturated rings. The molecule has 0 bridgehead atoms. The second-order valence-corrected chi connectivity index (χ2v) is 4.64. The van der Waals surface area contributed by atoms with Gasteiger partial charge >= 0.3 is 11.9 Å². The summed E-state index contributed by atoms with van der Waals surface area (Å²) in [5.41, 5.74) is -0.364. The van der Waals surface area contributed by atoms with Crippen molar-refractivity contribution in [2.45, 2.75) is 33.3 Å². The number of methoxy groups -OCH3 is 1. The van der Waals surface area contributed by atoms with Gasteiger partial charge in [-0.1, -0.05) is 37.3 Å². The molecule has 0 saturated carbocycles. The van der Waals surface area contributed by atoms with E-state index in [0.29, 0.717) is 6.42 Å². The second kappa shape index (κ2) is 6.36. The fourth-order valence-corrected chi connectivity index (χ4v) is 1.68. The van der Waals surface area contributed by atoms with Crippen LogP contribution in [0.25, 0.3) is 0 Å². The number of carbonyl (C=O) groups is 2. The zero-order chi connectivity index (χ0) is 14.5. The standard InChI is InChI=1S/C15H20O4/c1-5-15(3,13(16)18-4)14(17)19-11(2)12-9-7-6-8-10-12/h6-11H,5H2,1-4H3. The number of ether oxygens (including phenoxy) is 2. The van der Waals surface area contributed by atoms with Crippen molar-refractivity contribution >= 4 is 11.9 Å². The molecular weight excluding hydrogens is 244 g/mol. The maximum atomic E-state index is 12.2. The first-order chi connectivity index (χ1) is 8.95. The third kappa shape index (κ3) is 3.34. The normalized spacial score (nSPS) is 15.2. The van der Waals surface area contributed by atoms with E-state index in [1.165, 1.54) is 7.11 Å². The van der Waals surface area contributed by atoms with Gasteiger partial charge in [0.25, 0.3) is 0 Å². The molecule has 0 heterocycles. The zero-order valence-corrected chi connectivity index (χ0v) is 11.8. The predicted octanol–water partition coefficient (Wildman–Crippen LogP) is 2.88. The minimum Gasteiger partial charge on any atom is -0.468 e. The summed E-state index contributed by atoms with van der Waals surface area (Å²) in [5.74, 6) is -1.13. The second-order valence-electron chi connectivity index (χ2n) is 4.64. The maximum Gasteiger partial charge on any atom is 0.323 e. The first-order valence-electron chi connectivity index (χ1n) is 6.30. The Balaban J connectivity index is 2.81. The Bertz CT molecular complexity index is 441. The molecule has 1 aromatic rings. The van der Waals surface area contributed by atoms with Crippen molar-refractivity contribution < 1.29 is 19.1 Å². The Hall–Kier alpha value is -1.84. The lowest BCUT2D eigenvalue weighted by Gasteiger charge is -2.25. The van der Waals surface area contributed by atoms with Crippen LogP contribution in [0.15, 0.2) is 30.3 Å². The molecule has 2 atom stereocenters. The molecule has 0 aliphatic heterocycles. The SMILES string of the molecule is CCC(C)(C(=O)OC)C(=O)OC(C)c1ccccc1. The van der Waals surface area contributed by atoms with E-state index in [9.17, 15) is 9.59 Å². The number of rotatable bonds is 5. The van der Waals surface area contributed by atoms with Gasteiger partial charge in [-0.2, -0.15) is 0 Å². The molecule has 19 heavy (non-hydrogen) atoms. The highest BCUT2D eigenvalue weighted by atomic mass is 16.6. The molecule has 104 valence electrons. The Morgan fingerprint density at radius 2 is 1.79 bits per heavy atom. The van der Waals surface area contributed by atoms with Crippen molar-refractivity contribution in [2.24, 2.45) is 5.41 Å². The number of carbonyl (C=O) groups excluding carboxylic acids is 2. The molecule has 0 N–H and O–H groups in total. The smallest absolute Gasteiger partial charge is 0.323 e. The van der Waals surface area contributed by atoms with Gasteiger partial charge in [-0.25, -0.2) is 0 Å². The predicted molar refractivity (Wildman–Crippen MR) is 71.4 cm³/mol. The van der Waals surface area contributed by atoms with Gasteiger partial charge < -0.3 is 9.47 Å². The van der Waals surface area contributed by atoms with Crippen molar-refractivity contribution in [2.75, 3.05) is 7.11 Å². The molecule has 0 aromatic heterocycles. The average Bonchev–Trinajstić information content (AvgIpc) is 2.46. The number of hydrogen-bond acceptors (Lipinski definition) is 4. The molecule has 0 radical (unpaired) electrons. The van der Waals surface area contributed by atoms with Crippen LogP contribution in [0.4, 0.5) is 0 Å². The molecule has 2 unspecified atom stereocenters. The summed E-state index contributed by atoms with van der Waals surface area (Å²) in [6.45, 7) is 5.07. The van der Waals surface area contributed by atoms with Gasteiger partial charge in [0.05, 0.1) is 7.11 Å². The molecule has 0 spiro atoms. The number of esters is 2. The molecule has 0 saturated heterocycles. The van der Waals surface area contributed by atoms with Crippen LogP contribution in [0.2, 0.25) is 0 Å². The highest BCUT2D eigenvalue weighted by molar-refractivity contribution is 5.99. The lowest BCUT2D eigenvalue weighted by atomic mass is 9.88. The lowest BCUT2D eigenvalue weighted by molar-refractivity contribution is -0.173. The molecule has 1 rings (SSSR count). The Morgan fingerprint density at radius 1 is 1.21 bits per heavy atom. The van der Waals surface area contributed by atoms with Gasteiger partial charge in [0.1, 0.15) is 6.10 Å². The molecule has 0 aliphatic rings. The van der Waals surface area contributed by atoms with Crippen molar-refractivity contribution in [1.29, 1.82) is 0 Å². The van der Waals surface area contributed by atoms with E-state index in [2.05, 4.69) is 4.74 Å². The minimum absolute atomic E-state index is 0.333. The van der Waals surface area contributed by atoms with E-state index in [1.54, 1.807) is 20.8 Å². The van der Waals surface area contributed by atoms with Crippen LogP contribution in [-0.4, -0.2) is 19.0 Å². The summed E-state index contributed by atoms with van der Waals surface area (Å²) in [7, 11) is 1.27. The monoisotopic (exact) mass is 264 g/mol. The fraction of sp³-hybridized carbons (Fsp3) is 0.467. The van der Waals surface area contributed by atoms with Gasteiger partial charge in [-0.05, 0) is 25.8 Å². The van der Waals surface area contributed by atoms with Crippen molar-refractivity contribution in [3.05, 3.63) is 35.9 Å². The fourth-order valence-electron chi connectivity index (χ4n) is 1.68. The van der Waals surface area contributed by atoms with E-state index in [-0.39, 0.29) is 0 Å². The average molecular weight is 264 g/mol. The first kappa shape index (κ1) is 15.2. The van der Waals surface area contributed by atoms with E-state index < -0.39 is 23.5 Å². The highest BCUT2D eigenvalue weighted by Gasteiger charge is 2.43. The Kier molecular flexibility index (Phi) is 5.10. The van der Waals surface area contributed by atoms with E-state index in [0.717, 1.165) is 5.56 Å². The van der Waals surface area contributed by atoms with Crippen LogP contribution in [0.1, 0.15) is 38.9 Å². The van der Waals surface area contributed by atoms with Crippen LogP contribution in [-0.2, 0) is 19.1 Å². The molecule has 4 nitrogen and oxygen atoms in total. The van der Waals surface area contributed by atoms with E-state index in [4.69, 9.17) is 4.74 Å². The van der Waals surface area contributed by atoms with Crippen molar-refractivity contribution in [3.63, 3.8) is 0 Å². The number of hydrogen-bond donors (Lipinski definition) is 0. The molecule has 0 aliphatic carbocycles. The van der Waals surface area contributed by atoms with Crippen molar-refractivity contribution in [3.8, 4) is 0 Å². The van der Waals surface area contributed by atoms with Crippen molar-refractivity contribution in [1.82, 2.24) is 0 Å². The summed E-state index contributed by atoms with van der Waals surface area (Å²) in [5, 5.41) is 0. The lowest BCUT2D eigenvalue weighted by Crippen LogP contribution is -2.38. The topological polar surface area (TPSA) is 52.6 Å². The molecule has 1 aromatic carbocycles. The first-order valence-corrected chi connectivity index (χ1v) is 6.30. The van der Waals surface area contributed by atoms with Crippen LogP contribution < -0.4 is 0 Å². The summed E-state index contributed by atoms with van der Waals surface area (Å²) in [6, 6.07) is 9.39. The van der Waals surface area contributed by atoms with Gasteiger partial charge in [0.2, 0.25) is 0 Å². The van der Waals surface area contributed by atoms with Gasteiger partial charge in [-0.15, -0.1) is 0 Å². The van der Waals surface area contributed by atoms with Gasteiger partial charge in [-0.3, -0.25) is 9.59 Å². The highest BCUT2D eigenvalue weighted by Crippen LogP contribution is 2.28. The third-order valence-corrected chi connectivity index (χ3v) is 3.35. The van der Waals surface area contributed by atoms with Crippen LogP contribution in [0, 0.1) is 5.41 Å². The molecule has 4 heteroatoms. The molecule has 0 amide bonds. The third-order valence-electron chi connectivity index (χ3n) is 3.35.